The van der Waals surface area contributed by atoms with Gasteiger partial charge in [-0.25, -0.2) is 18.6 Å². The van der Waals surface area contributed by atoms with Crippen molar-refractivity contribution in [3.63, 3.8) is 0 Å². The van der Waals surface area contributed by atoms with Gasteiger partial charge >= 0.3 is 29.1 Å². The van der Waals surface area contributed by atoms with Crippen LogP contribution < -0.4 is 0 Å². The summed E-state index contributed by atoms with van der Waals surface area (Å²) < 4.78 is 77.5. The monoisotopic (exact) mass is 916 g/mol. The Morgan fingerprint density at radius 2 is 0.985 bits per heavy atom. The minimum absolute atomic E-state index is 0.0738. The molecule has 0 heterocycles. The van der Waals surface area contributed by atoms with Crippen LogP contribution in [0.25, 0.3) is 0 Å². The van der Waals surface area contributed by atoms with Gasteiger partial charge in [-0.05, 0) is 41.3 Å². The molecule has 4 aliphatic rings. The second-order valence-corrected chi connectivity index (χ2v) is 19.9. The molecule has 10 nitrogen and oxygen atoms in total. The predicted octanol–water partition coefficient (Wildman–Crippen LogP) is -1.91. The van der Waals surface area contributed by atoms with E-state index < -0.39 is 68.5 Å². The Hall–Kier alpha value is -3.91. The third kappa shape index (κ3) is 9.57. The molecule has 4 bridgehead atoms. The standard InChI is InChI=1S/C44H59B9F2O10S/c1-23(44(54,55)66(60)61)62-39(59)40-17-41(63-36(56)30-6-24(8-45)4-28(12-49)32(30)14-51)20-42(18-40,64-37(57)31-7-25(9-46)5-29(13-50)33(31)15-52)22-43(19-40,21-41)65-38(58)35-27(11-48)3-2-26(10-47)34(35)16-53/h2-7,23H,8-22,45-53H2,1H3,(H,60,61). The van der Waals surface area contributed by atoms with Gasteiger partial charge in [0.05, 0.1) is 22.1 Å². The van der Waals surface area contributed by atoms with Crippen molar-refractivity contribution in [1.29, 1.82) is 0 Å². The topological polar surface area (TPSA) is 142 Å². The molecule has 4 atom stereocenters. The van der Waals surface area contributed by atoms with Crippen LogP contribution in [0, 0.1) is 5.41 Å². The van der Waals surface area contributed by atoms with Crippen LogP contribution in [-0.4, -0.2) is 131 Å². The minimum atomic E-state index is -4.34. The zero-order chi connectivity index (χ0) is 48.6. The zero-order valence-corrected chi connectivity index (χ0v) is 41.3. The highest BCUT2D eigenvalue weighted by molar-refractivity contribution is 7.80. The number of ether oxygens (including phenoxy) is 4. The molecule has 0 aromatic heterocycles. The number of carbonyl (C=O) groups excluding carboxylic acids is 4. The van der Waals surface area contributed by atoms with Crippen molar-refractivity contribution in [2.45, 2.75) is 130 Å². The summed E-state index contributed by atoms with van der Waals surface area (Å²) in [5.41, 5.74) is 2.33. The fourth-order valence-corrected chi connectivity index (χ4v) is 12.3. The molecule has 4 aliphatic carbocycles. The largest absolute Gasteiger partial charge is 0.455 e. The number of hydrogen-bond donors (Lipinski definition) is 1. The van der Waals surface area contributed by atoms with Crippen molar-refractivity contribution < 1.29 is 55.7 Å². The smallest absolute Gasteiger partial charge is 0.380 e. The molecule has 4 saturated carbocycles. The van der Waals surface area contributed by atoms with Crippen molar-refractivity contribution in [2.24, 2.45) is 5.41 Å². The molecule has 0 amide bonds. The van der Waals surface area contributed by atoms with E-state index in [0.717, 1.165) is 57.0 Å². The van der Waals surface area contributed by atoms with Crippen LogP contribution in [0.5, 0.6) is 0 Å². The number of hydrogen-bond acceptors (Lipinski definition) is 9. The predicted molar refractivity (Wildman–Crippen MR) is 275 cm³/mol. The summed E-state index contributed by atoms with van der Waals surface area (Å²) in [4.78, 5) is 59.9. The van der Waals surface area contributed by atoms with Gasteiger partial charge in [0.2, 0.25) is 11.1 Å². The Balaban J connectivity index is 1.58. The molecule has 3 aromatic carbocycles. The van der Waals surface area contributed by atoms with Gasteiger partial charge in [-0.1, -0.05) is 109 Å². The first-order valence-corrected chi connectivity index (χ1v) is 25.1. The van der Waals surface area contributed by atoms with E-state index in [-0.39, 0.29) is 38.5 Å². The maximum Gasteiger partial charge on any atom is 0.380 e. The number of carbonyl (C=O) groups is 4. The lowest BCUT2D eigenvalue weighted by molar-refractivity contribution is -0.279. The normalized spacial score (nSPS) is 24.0. The van der Waals surface area contributed by atoms with Crippen LogP contribution in [0.3, 0.4) is 0 Å². The molecule has 22 heteroatoms. The summed E-state index contributed by atoms with van der Waals surface area (Å²) in [6, 6.07) is 11.7. The van der Waals surface area contributed by atoms with Crippen LogP contribution in [0.4, 0.5) is 8.78 Å². The van der Waals surface area contributed by atoms with Crippen LogP contribution >= 0.6 is 0 Å². The highest BCUT2D eigenvalue weighted by Crippen LogP contribution is 2.68. The van der Waals surface area contributed by atoms with Gasteiger partial charge in [0.1, 0.15) is 87.4 Å². The number of alkyl halides is 2. The molecular formula is C44H59B9F2O10S. The molecular weight excluding hydrogens is 856 g/mol. The zero-order valence-electron chi connectivity index (χ0n) is 40.4. The van der Waals surface area contributed by atoms with E-state index in [1.54, 1.807) is 0 Å². The van der Waals surface area contributed by atoms with Crippen LogP contribution in [0.15, 0.2) is 36.4 Å². The second-order valence-electron chi connectivity index (χ2n) is 18.9. The second kappa shape index (κ2) is 20.0. The third-order valence-corrected chi connectivity index (χ3v) is 15.4. The highest BCUT2D eigenvalue weighted by Gasteiger charge is 2.75. The Morgan fingerprint density at radius 1 is 0.591 bits per heavy atom. The van der Waals surface area contributed by atoms with E-state index >= 15 is 13.6 Å². The lowest BCUT2D eigenvalue weighted by Gasteiger charge is -2.66. The highest BCUT2D eigenvalue weighted by atomic mass is 32.2. The molecule has 0 spiro atoms. The number of esters is 4. The van der Waals surface area contributed by atoms with Crippen LogP contribution in [0.2, 0.25) is 0 Å². The van der Waals surface area contributed by atoms with Gasteiger partial charge in [0.25, 0.3) is 0 Å². The van der Waals surface area contributed by atoms with Gasteiger partial charge in [-0.3, -0.25) is 4.79 Å². The minimum Gasteiger partial charge on any atom is -0.455 e. The van der Waals surface area contributed by atoms with E-state index in [1.165, 1.54) is 0 Å². The van der Waals surface area contributed by atoms with Crippen LogP contribution in [-0.2, 0) is 91.7 Å². The lowest BCUT2D eigenvalue weighted by Crippen LogP contribution is -2.73. The van der Waals surface area contributed by atoms with Crippen LogP contribution in [0.1, 0.15) is 127 Å². The van der Waals surface area contributed by atoms with Crippen molar-refractivity contribution in [3.8, 4) is 0 Å². The molecule has 3 aromatic rings. The first kappa shape index (κ1) is 51.5. The van der Waals surface area contributed by atoms with Gasteiger partial charge in [-0.2, -0.15) is 8.78 Å². The Morgan fingerprint density at radius 3 is 1.35 bits per heavy atom. The van der Waals surface area contributed by atoms with Gasteiger partial charge < -0.3 is 23.5 Å². The summed E-state index contributed by atoms with van der Waals surface area (Å²) >= 11 is -3.69. The Bertz CT molecular complexity index is 2350. The fourth-order valence-electron chi connectivity index (χ4n) is 12.0. The molecule has 342 valence electrons. The maximum atomic E-state index is 15.1. The average Bonchev–Trinajstić information content (AvgIpc) is 3.28. The Labute approximate surface area is 398 Å². The summed E-state index contributed by atoms with van der Waals surface area (Å²) in [6.07, 6.45) is 2.10. The Kier molecular flexibility index (Phi) is 15.6. The summed E-state index contributed by atoms with van der Waals surface area (Å²) in [5.74, 6) is -3.16. The molecule has 7 rings (SSSR count). The van der Waals surface area contributed by atoms with E-state index in [1.807, 2.05) is 94.9 Å². The fraction of sp³-hybridized carbons (Fsp3) is 0.500. The first-order chi connectivity index (χ1) is 31.2. The van der Waals surface area contributed by atoms with E-state index in [9.17, 15) is 23.1 Å². The summed E-state index contributed by atoms with van der Waals surface area (Å²) in [6.45, 7) is 0.837. The number of rotatable bonds is 19. The molecule has 0 aliphatic heterocycles. The molecule has 0 saturated heterocycles. The quantitative estimate of drug-likeness (QED) is 0.0627. The van der Waals surface area contributed by atoms with E-state index in [2.05, 4.69) is 12.1 Å². The van der Waals surface area contributed by atoms with Crippen molar-refractivity contribution in [2.75, 3.05) is 0 Å². The molecule has 1 N–H and O–H groups in total. The van der Waals surface area contributed by atoms with Gasteiger partial charge in [-0.15, -0.1) is 0 Å². The average molecular weight is 915 g/mol. The summed E-state index contributed by atoms with van der Waals surface area (Å²) in [7, 11) is 17.8. The lowest BCUT2D eigenvalue weighted by atomic mass is 9.44. The summed E-state index contributed by atoms with van der Waals surface area (Å²) in [5, 5.41) is -4.34. The van der Waals surface area contributed by atoms with E-state index in [4.69, 9.17) is 18.9 Å². The van der Waals surface area contributed by atoms with Crippen molar-refractivity contribution >= 4 is 106 Å². The van der Waals surface area contributed by atoms with Crippen molar-refractivity contribution in [3.05, 3.63) is 103 Å². The molecule has 4 fully saturated rings. The molecule has 0 radical (unpaired) electrons. The first-order valence-electron chi connectivity index (χ1n) is 24.0. The van der Waals surface area contributed by atoms with E-state index in [0.29, 0.717) is 73.6 Å². The molecule has 4 unspecified atom stereocenters. The maximum absolute atomic E-state index is 15.1. The SMILES string of the molecule is BCc1cc(CB)c(CB)c(C(=O)OC23CC4(OC(=O)c5cc(CB)cc(CB)c5CB)CC(OC(=O)c5c(CB)ccc(CB)c5CB)(C2)CC(C(=O)OC(C)C(F)(F)S(=O)O)(C3)C4)c1. The number of halogens is 2. The van der Waals surface area contributed by atoms with Crippen molar-refractivity contribution in [1.82, 2.24) is 0 Å². The third-order valence-electron chi connectivity index (χ3n) is 14.6. The molecule has 66 heavy (non-hydrogen) atoms. The van der Waals surface area contributed by atoms with Gasteiger partial charge in [0.15, 0.2) is 6.10 Å². The number of benzene rings is 3. The van der Waals surface area contributed by atoms with Gasteiger partial charge in [0, 0.05) is 38.5 Å².